The van der Waals surface area contributed by atoms with Crippen molar-refractivity contribution in [3.63, 3.8) is 0 Å². The summed E-state index contributed by atoms with van der Waals surface area (Å²) in [7, 11) is 0. The average Bonchev–Trinajstić information content (AvgIpc) is 3.07. The monoisotopic (exact) mass is 518 g/mol. The summed E-state index contributed by atoms with van der Waals surface area (Å²) < 4.78 is 0. The number of benzene rings is 1. The first-order chi connectivity index (χ1) is 13.0. The number of guanidine groups is 1. The Balaban J connectivity index is 0.00000392. The second-order valence-corrected chi connectivity index (χ2v) is 8.69. The van der Waals surface area contributed by atoms with Gasteiger partial charge in [-0.3, -0.25) is 4.79 Å². The smallest absolute Gasteiger partial charge is 0.224 e. The fourth-order valence-electron chi connectivity index (χ4n) is 3.30. The minimum atomic E-state index is 0. The van der Waals surface area contributed by atoms with Gasteiger partial charge in [-0.2, -0.15) is 11.8 Å². The van der Waals surface area contributed by atoms with Gasteiger partial charge in [0.15, 0.2) is 5.96 Å². The Labute approximate surface area is 191 Å². The maximum absolute atomic E-state index is 12.0. The van der Waals surface area contributed by atoms with Crippen molar-refractivity contribution >= 4 is 53.3 Å². The Hall–Kier alpha value is -0.960. The van der Waals surface area contributed by atoms with Gasteiger partial charge in [0.1, 0.15) is 0 Å². The molecule has 5 nitrogen and oxygen atoms in total. The molecule has 1 amide bonds. The lowest BCUT2D eigenvalue weighted by molar-refractivity contribution is -0.116. The maximum Gasteiger partial charge on any atom is 0.224 e. The summed E-state index contributed by atoms with van der Waals surface area (Å²) >= 11 is 1.96. The predicted molar refractivity (Wildman–Crippen MR) is 133 cm³/mol. The Kier molecular flexibility index (Phi) is 11.9. The molecular weight excluding hydrogens is 483 g/mol. The van der Waals surface area contributed by atoms with E-state index >= 15 is 0 Å². The lowest BCUT2D eigenvalue weighted by atomic mass is 10.1. The molecule has 2 unspecified atom stereocenters. The molecule has 0 bridgehead atoms. The van der Waals surface area contributed by atoms with E-state index in [9.17, 15) is 4.79 Å². The number of hydrogen-bond donors (Lipinski definition) is 3. The molecule has 0 aromatic heterocycles. The maximum atomic E-state index is 12.0. The van der Waals surface area contributed by atoms with Gasteiger partial charge < -0.3 is 16.0 Å². The van der Waals surface area contributed by atoms with Crippen molar-refractivity contribution in [3.8, 4) is 0 Å². The highest BCUT2D eigenvalue weighted by atomic mass is 127. The van der Waals surface area contributed by atoms with E-state index in [4.69, 9.17) is 4.99 Å². The number of carbonyl (C=O) groups is 1. The van der Waals surface area contributed by atoms with Crippen LogP contribution in [0.3, 0.4) is 0 Å². The molecule has 1 aromatic rings. The van der Waals surface area contributed by atoms with Gasteiger partial charge in [0.05, 0.1) is 6.54 Å². The van der Waals surface area contributed by atoms with Crippen LogP contribution in [0.2, 0.25) is 0 Å². The Morgan fingerprint density at radius 3 is 2.75 bits per heavy atom. The number of nitrogens with one attached hydrogen (secondary N) is 3. The zero-order valence-corrected chi connectivity index (χ0v) is 20.6. The number of halogens is 1. The largest absolute Gasteiger partial charge is 0.357 e. The van der Waals surface area contributed by atoms with Crippen LogP contribution in [-0.2, 0) is 11.3 Å². The third kappa shape index (κ3) is 9.03. The molecule has 1 aliphatic carbocycles. The van der Waals surface area contributed by atoms with Crippen molar-refractivity contribution in [1.29, 1.82) is 0 Å². The van der Waals surface area contributed by atoms with E-state index in [0.717, 1.165) is 29.0 Å². The fraction of sp³-hybridized carbons (Fsp3) is 0.619. The van der Waals surface area contributed by atoms with Crippen LogP contribution in [0, 0.1) is 5.92 Å². The summed E-state index contributed by atoms with van der Waals surface area (Å²) in [5.74, 6) is 1.29. The van der Waals surface area contributed by atoms with Crippen molar-refractivity contribution in [2.24, 2.45) is 10.9 Å². The molecular formula is C21H35IN4OS. The van der Waals surface area contributed by atoms with Gasteiger partial charge in [-0.25, -0.2) is 4.99 Å². The molecule has 1 aromatic carbocycles. The van der Waals surface area contributed by atoms with Crippen LogP contribution in [0.5, 0.6) is 0 Å². The van der Waals surface area contributed by atoms with Gasteiger partial charge in [-0.05, 0) is 56.1 Å². The van der Waals surface area contributed by atoms with Gasteiger partial charge in [0.2, 0.25) is 5.91 Å². The van der Waals surface area contributed by atoms with E-state index in [1.807, 2.05) is 49.9 Å². The normalized spacial score (nSPS) is 19.2. The zero-order chi connectivity index (χ0) is 19.6. The predicted octanol–water partition coefficient (Wildman–Crippen LogP) is 4.63. The summed E-state index contributed by atoms with van der Waals surface area (Å²) in [6.45, 7) is 7.61. The quantitative estimate of drug-likeness (QED) is 0.267. The van der Waals surface area contributed by atoms with Gasteiger partial charge >= 0.3 is 0 Å². The van der Waals surface area contributed by atoms with Gasteiger partial charge in [-0.15, -0.1) is 24.0 Å². The summed E-state index contributed by atoms with van der Waals surface area (Å²) in [5.41, 5.74) is 1.92. The summed E-state index contributed by atoms with van der Waals surface area (Å²) in [6, 6.07) is 8.45. The first-order valence-corrected chi connectivity index (χ1v) is 11.2. The summed E-state index contributed by atoms with van der Waals surface area (Å²) in [6.07, 6.45) is 6.40. The number of amides is 1. The van der Waals surface area contributed by atoms with Gasteiger partial charge in [-0.1, -0.05) is 26.0 Å². The van der Waals surface area contributed by atoms with Crippen LogP contribution in [0.4, 0.5) is 5.69 Å². The molecule has 2 atom stereocenters. The van der Waals surface area contributed by atoms with E-state index in [1.54, 1.807) is 0 Å². The molecule has 158 valence electrons. The molecule has 0 saturated heterocycles. The van der Waals surface area contributed by atoms with Crippen molar-refractivity contribution in [1.82, 2.24) is 10.6 Å². The minimum Gasteiger partial charge on any atom is -0.357 e. The molecule has 1 aliphatic rings. The fourth-order valence-corrected chi connectivity index (χ4v) is 4.10. The molecule has 0 aliphatic heterocycles. The lowest BCUT2D eigenvalue weighted by Crippen LogP contribution is -2.42. The number of nitrogens with zero attached hydrogens (tertiary/aromatic N) is 1. The van der Waals surface area contributed by atoms with Crippen LogP contribution >= 0.6 is 35.7 Å². The number of rotatable bonds is 8. The van der Waals surface area contributed by atoms with Crippen molar-refractivity contribution in [2.75, 3.05) is 18.1 Å². The highest BCUT2D eigenvalue weighted by Crippen LogP contribution is 2.28. The van der Waals surface area contributed by atoms with Gasteiger partial charge in [0.25, 0.3) is 0 Å². The first-order valence-electron chi connectivity index (χ1n) is 9.96. The molecule has 0 heterocycles. The van der Waals surface area contributed by atoms with Crippen molar-refractivity contribution in [2.45, 2.75) is 64.3 Å². The third-order valence-corrected chi connectivity index (χ3v) is 5.72. The Morgan fingerprint density at radius 2 is 2.11 bits per heavy atom. The molecule has 2 rings (SSSR count). The van der Waals surface area contributed by atoms with E-state index in [2.05, 4.69) is 29.1 Å². The summed E-state index contributed by atoms with van der Waals surface area (Å²) in [4.78, 5) is 16.7. The standard InChI is InChI=1S/C21H34N4OS.HI/c1-5-22-21(25-18-9-10-19(13-18)27-4)23-14-16-7-6-8-17(12-16)24-20(26)11-15(2)3;/h6-8,12,15,18-19H,5,9-11,13-14H2,1-4H3,(H,24,26)(H2,22,23,25);1H. The highest BCUT2D eigenvalue weighted by molar-refractivity contribution is 14.0. The summed E-state index contributed by atoms with van der Waals surface area (Å²) in [5, 5.41) is 10.7. The topological polar surface area (TPSA) is 65.5 Å². The Bertz CT molecular complexity index is 639. The minimum absolute atomic E-state index is 0. The van der Waals surface area contributed by atoms with Crippen LogP contribution < -0.4 is 16.0 Å². The molecule has 1 fully saturated rings. The molecule has 1 saturated carbocycles. The molecule has 28 heavy (non-hydrogen) atoms. The molecule has 3 N–H and O–H groups in total. The van der Waals surface area contributed by atoms with E-state index < -0.39 is 0 Å². The first kappa shape index (κ1) is 25.1. The Morgan fingerprint density at radius 1 is 1.32 bits per heavy atom. The number of aliphatic imine (C=N–C) groups is 1. The van der Waals surface area contributed by atoms with E-state index in [-0.39, 0.29) is 29.9 Å². The second-order valence-electron chi connectivity index (χ2n) is 7.55. The zero-order valence-electron chi connectivity index (χ0n) is 17.5. The average molecular weight is 519 g/mol. The van der Waals surface area contributed by atoms with Gasteiger partial charge in [0, 0.05) is 29.9 Å². The van der Waals surface area contributed by atoms with Crippen molar-refractivity contribution < 1.29 is 4.79 Å². The SMILES string of the molecule is CCNC(=NCc1cccc(NC(=O)CC(C)C)c1)NC1CCC(SC)C1.I. The third-order valence-electron chi connectivity index (χ3n) is 4.63. The van der Waals surface area contributed by atoms with Crippen LogP contribution in [-0.4, -0.2) is 36.0 Å². The molecule has 0 spiro atoms. The number of thioether (sulfide) groups is 1. The number of carbonyl (C=O) groups excluding carboxylic acids is 1. The molecule has 7 heteroatoms. The van der Waals surface area contributed by atoms with Crippen LogP contribution in [0.1, 0.15) is 52.0 Å². The van der Waals surface area contributed by atoms with Crippen LogP contribution in [0.15, 0.2) is 29.3 Å². The highest BCUT2D eigenvalue weighted by Gasteiger charge is 2.24. The number of anilines is 1. The van der Waals surface area contributed by atoms with Crippen molar-refractivity contribution in [3.05, 3.63) is 29.8 Å². The lowest BCUT2D eigenvalue weighted by Gasteiger charge is -2.17. The second kappa shape index (κ2) is 13.3. The van der Waals surface area contributed by atoms with E-state index in [1.165, 1.54) is 19.3 Å². The van der Waals surface area contributed by atoms with Crippen LogP contribution in [0.25, 0.3) is 0 Å². The van der Waals surface area contributed by atoms with E-state index in [0.29, 0.717) is 24.9 Å². The number of hydrogen-bond acceptors (Lipinski definition) is 3. The molecule has 0 radical (unpaired) electrons.